The SMILES string of the molecule is CC(C)C(Nc1ccc2nnc(C(F)F)n2n1)c1nc(-c2ccncc2)no1. The highest BCUT2D eigenvalue weighted by Crippen LogP contribution is 2.27. The van der Waals surface area contributed by atoms with Crippen molar-refractivity contribution in [2.45, 2.75) is 26.3 Å². The van der Waals surface area contributed by atoms with Crippen molar-refractivity contribution in [3.05, 3.63) is 48.4 Å². The van der Waals surface area contributed by atoms with Crippen molar-refractivity contribution in [2.75, 3.05) is 5.32 Å². The number of hydrogen-bond donors (Lipinski definition) is 1. The van der Waals surface area contributed by atoms with Gasteiger partial charge < -0.3 is 9.84 Å². The molecule has 1 unspecified atom stereocenters. The summed E-state index contributed by atoms with van der Waals surface area (Å²) in [6, 6.07) is 6.37. The average molecular weight is 386 g/mol. The third-order valence-corrected chi connectivity index (χ3v) is 4.10. The van der Waals surface area contributed by atoms with Gasteiger partial charge >= 0.3 is 0 Å². The molecular formula is C17H16F2N8O. The summed E-state index contributed by atoms with van der Waals surface area (Å²) in [6.45, 7) is 3.94. The summed E-state index contributed by atoms with van der Waals surface area (Å²) in [5.41, 5.74) is 1.01. The van der Waals surface area contributed by atoms with Gasteiger partial charge in [0.1, 0.15) is 11.9 Å². The number of aromatic nitrogens is 7. The molecule has 4 heterocycles. The molecule has 11 heteroatoms. The predicted octanol–water partition coefficient (Wildman–Crippen LogP) is 3.32. The first-order valence-corrected chi connectivity index (χ1v) is 8.54. The summed E-state index contributed by atoms with van der Waals surface area (Å²) in [5.74, 6) is 0.696. The summed E-state index contributed by atoms with van der Waals surface area (Å²) >= 11 is 0. The van der Waals surface area contributed by atoms with E-state index in [1.165, 1.54) is 0 Å². The fourth-order valence-electron chi connectivity index (χ4n) is 2.67. The minimum atomic E-state index is -2.78. The van der Waals surface area contributed by atoms with E-state index in [4.69, 9.17) is 4.52 Å². The fraction of sp³-hybridized carbons (Fsp3) is 0.294. The smallest absolute Gasteiger partial charge is 0.299 e. The number of alkyl halides is 2. The summed E-state index contributed by atoms with van der Waals surface area (Å²) in [7, 11) is 0. The lowest BCUT2D eigenvalue weighted by Crippen LogP contribution is -2.18. The largest absolute Gasteiger partial charge is 0.357 e. The third-order valence-electron chi connectivity index (χ3n) is 4.10. The number of nitrogens with zero attached hydrogens (tertiary/aromatic N) is 7. The molecule has 4 aromatic rings. The van der Waals surface area contributed by atoms with Gasteiger partial charge in [-0.3, -0.25) is 4.98 Å². The molecule has 0 saturated heterocycles. The van der Waals surface area contributed by atoms with E-state index in [0.29, 0.717) is 17.5 Å². The van der Waals surface area contributed by atoms with E-state index >= 15 is 0 Å². The van der Waals surface area contributed by atoms with E-state index in [0.717, 1.165) is 10.1 Å². The van der Waals surface area contributed by atoms with Crippen LogP contribution in [0.4, 0.5) is 14.6 Å². The predicted molar refractivity (Wildman–Crippen MR) is 94.5 cm³/mol. The first-order valence-electron chi connectivity index (χ1n) is 8.54. The Hall–Kier alpha value is -3.50. The van der Waals surface area contributed by atoms with Gasteiger partial charge in [-0.1, -0.05) is 19.0 Å². The van der Waals surface area contributed by atoms with Crippen LogP contribution in [-0.4, -0.2) is 34.9 Å². The molecule has 4 aromatic heterocycles. The van der Waals surface area contributed by atoms with Gasteiger partial charge in [-0.25, -0.2) is 8.78 Å². The Kier molecular flexibility index (Phi) is 4.63. The van der Waals surface area contributed by atoms with Gasteiger partial charge in [0.2, 0.25) is 17.5 Å². The van der Waals surface area contributed by atoms with Crippen LogP contribution in [0.25, 0.3) is 17.0 Å². The maximum Gasteiger partial charge on any atom is 0.299 e. The lowest BCUT2D eigenvalue weighted by atomic mass is 10.0. The molecule has 0 aliphatic rings. The monoisotopic (exact) mass is 386 g/mol. The zero-order chi connectivity index (χ0) is 19.7. The lowest BCUT2D eigenvalue weighted by molar-refractivity contribution is 0.137. The second-order valence-corrected chi connectivity index (χ2v) is 6.41. The second kappa shape index (κ2) is 7.25. The van der Waals surface area contributed by atoms with Crippen molar-refractivity contribution < 1.29 is 13.3 Å². The molecule has 1 atom stereocenters. The zero-order valence-corrected chi connectivity index (χ0v) is 15.0. The Morgan fingerprint density at radius 1 is 1.07 bits per heavy atom. The molecule has 0 saturated carbocycles. The summed E-state index contributed by atoms with van der Waals surface area (Å²) in [4.78, 5) is 8.41. The van der Waals surface area contributed by atoms with Crippen LogP contribution in [0.15, 0.2) is 41.2 Å². The molecule has 0 aliphatic carbocycles. The Morgan fingerprint density at radius 2 is 1.86 bits per heavy atom. The standard InChI is InChI=1S/C17H16F2N8O/c1-9(2)13(17-22-15(26-28-17)10-5-7-20-8-6-10)21-11-3-4-12-23-24-16(14(18)19)27(12)25-11/h3-9,13-14H,1-2H3,(H,21,25). The van der Waals surface area contributed by atoms with E-state index in [1.807, 2.05) is 13.8 Å². The van der Waals surface area contributed by atoms with Crippen molar-refractivity contribution in [1.82, 2.24) is 34.9 Å². The van der Waals surface area contributed by atoms with Crippen LogP contribution < -0.4 is 5.32 Å². The Balaban J connectivity index is 1.64. The van der Waals surface area contributed by atoms with Gasteiger partial charge in [-0.15, -0.1) is 15.3 Å². The highest BCUT2D eigenvalue weighted by molar-refractivity contribution is 5.53. The highest BCUT2D eigenvalue weighted by Gasteiger charge is 2.24. The van der Waals surface area contributed by atoms with Crippen LogP contribution in [0.2, 0.25) is 0 Å². The molecular weight excluding hydrogens is 370 g/mol. The molecule has 0 aliphatic heterocycles. The van der Waals surface area contributed by atoms with Gasteiger partial charge in [-0.2, -0.15) is 9.50 Å². The maximum absolute atomic E-state index is 13.1. The molecule has 9 nitrogen and oxygen atoms in total. The zero-order valence-electron chi connectivity index (χ0n) is 15.0. The van der Waals surface area contributed by atoms with Gasteiger partial charge in [0.05, 0.1) is 0 Å². The summed E-state index contributed by atoms with van der Waals surface area (Å²) in [6.07, 6.45) is 0.503. The lowest BCUT2D eigenvalue weighted by Gasteiger charge is -2.19. The fourth-order valence-corrected chi connectivity index (χ4v) is 2.67. The van der Waals surface area contributed by atoms with Gasteiger partial charge in [0, 0.05) is 18.0 Å². The van der Waals surface area contributed by atoms with E-state index < -0.39 is 12.2 Å². The van der Waals surface area contributed by atoms with Crippen LogP contribution in [0.5, 0.6) is 0 Å². The van der Waals surface area contributed by atoms with Gasteiger partial charge in [-0.05, 0) is 30.2 Å². The summed E-state index contributed by atoms with van der Waals surface area (Å²) < 4.78 is 32.6. The van der Waals surface area contributed by atoms with E-state index in [2.05, 4.69) is 35.7 Å². The van der Waals surface area contributed by atoms with Crippen LogP contribution in [0, 0.1) is 5.92 Å². The first-order chi connectivity index (χ1) is 13.5. The van der Waals surface area contributed by atoms with E-state index in [1.54, 1.807) is 36.7 Å². The van der Waals surface area contributed by atoms with E-state index in [-0.39, 0.29) is 17.6 Å². The molecule has 0 radical (unpaired) electrons. The van der Waals surface area contributed by atoms with Crippen molar-refractivity contribution in [2.24, 2.45) is 5.92 Å². The third kappa shape index (κ3) is 3.38. The normalized spacial score (nSPS) is 12.8. The molecule has 0 bridgehead atoms. The molecule has 1 N–H and O–H groups in total. The number of pyridine rings is 1. The molecule has 4 rings (SSSR count). The van der Waals surface area contributed by atoms with Crippen molar-refractivity contribution in [3.63, 3.8) is 0 Å². The van der Waals surface area contributed by atoms with Crippen LogP contribution >= 0.6 is 0 Å². The minimum absolute atomic E-state index is 0.0544. The average Bonchev–Trinajstić information content (AvgIpc) is 3.33. The molecule has 0 fully saturated rings. The Bertz CT molecular complexity index is 1080. The molecule has 28 heavy (non-hydrogen) atoms. The van der Waals surface area contributed by atoms with Crippen LogP contribution in [0.3, 0.4) is 0 Å². The van der Waals surface area contributed by atoms with Crippen LogP contribution in [0.1, 0.15) is 38.0 Å². The quantitative estimate of drug-likeness (QED) is 0.538. The Morgan fingerprint density at radius 3 is 2.57 bits per heavy atom. The highest BCUT2D eigenvalue weighted by atomic mass is 19.3. The molecule has 0 spiro atoms. The van der Waals surface area contributed by atoms with Crippen molar-refractivity contribution >= 4 is 11.5 Å². The maximum atomic E-state index is 13.1. The van der Waals surface area contributed by atoms with Crippen LogP contribution in [-0.2, 0) is 0 Å². The number of anilines is 1. The number of nitrogens with one attached hydrogen (secondary N) is 1. The number of halogens is 2. The minimum Gasteiger partial charge on any atom is -0.357 e. The number of hydrogen-bond acceptors (Lipinski definition) is 8. The van der Waals surface area contributed by atoms with Gasteiger partial charge in [0.25, 0.3) is 6.43 Å². The van der Waals surface area contributed by atoms with Crippen molar-refractivity contribution in [3.8, 4) is 11.4 Å². The second-order valence-electron chi connectivity index (χ2n) is 6.41. The number of fused-ring (bicyclic) bond motifs is 1. The first kappa shape index (κ1) is 17.9. The van der Waals surface area contributed by atoms with Crippen molar-refractivity contribution in [1.29, 1.82) is 0 Å². The van der Waals surface area contributed by atoms with Gasteiger partial charge in [0.15, 0.2) is 5.65 Å². The molecule has 0 aromatic carbocycles. The topological polar surface area (TPSA) is 107 Å². The Labute approximate surface area is 157 Å². The summed E-state index contributed by atoms with van der Waals surface area (Å²) in [5, 5.41) is 18.5. The molecule has 144 valence electrons. The number of rotatable bonds is 6. The molecule has 0 amide bonds. The van der Waals surface area contributed by atoms with E-state index in [9.17, 15) is 8.78 Å².